The van der Waals surface area contributed by atoms with Gasteiger partial charge in [0.05, 0.1) is 0 Å². The Balaban J connectivity index is 2.72. The summed E-state index contributed by atoms with van der Waals surface area (Å²) < 4.78 is 4.95. The van der Waals surface area contributed by atoms with Crippen LogP contribution in [0.3, 0.4) is 0 Å². The molecule has 0 aromatic heterocycles. The molecule has 0 aliphatic heterocycles. The van der Waals surface area contributed by atoms with Crippen molar-refractivity contribution in [3.8, 4) is 5.75 Å². The second-order valence-corrected chi connectivity index (χ2v) is 3.78. The number of rotatable bonds is 5. The molecule has 0 aliphatic rings. The molecule has 0 saturated heterocycles. The summed E-state index contributed by atoms with van der Waals surface area (Å²) in [6.07, 6.45) is 1.76. The molecule has 0 amide bonds. The number of ether oxygens (including phenoxy) is 1. The van der Waals surface area contributed by atoms with E-state index in [1.807, 2.05) is 12.1 Å². The Morgan fingerprint density at radius 1 is 1.38 bits per heavy atom. The lowest BCUT2D eigenvalue weighted by Crippen LogP contribution is -2.03. The van der Waals surface area contributed by atoms with Gasteiger partial charge in [-0.3, -0.25) is 4.79 Å². The number of benzene rings is 1. The van der Waals surface area contributed by atoms with E-state index in [2.05, 4.69) is 6.92 Å². The van der Waals surface area contributed by atoms with Gasteiger partial charge < -0.3 is 9.84 Å². The molecular formula is C13H18O3. The van der Waals surface area contributed by atoms with Crippen LogP contribution in [0, 0.1) is 0 Å². The van der Waals surface area contributed by atoms with Gasteiger partial charge in [0, 0.05) is 13.5 Å². The largest absolute Gasteiger partial charge is 0.427 e. The Labute approximate surface area is 96.1 Å². The number of aliphatic hydroxyl groups excluding tert-OH is 1. The zero-order chi connectivity index (χ0) is 12.0. The van der Waals surface area contributed by atoms with Gasteiger partial charge in [-0.1, -0.05) is 19.1 Å². The molecule has 1 unspecified atom stereocenters. The maximum Gasteiger partial charge on any atom is 0.308 e. The van der Waals surface area contributed by atoms with Crippen LogP contribution in [-0.2, 0) is 4.79 Å². The minimum atomic E-state index is -0.310. The van der Waals surface area contributed by atoms with Gasteiger partial charge in [0.15, 0.2) is 0 Å². The van der Waals surface area contributed by atoms with Crippen molar-refractivity contribution in [2.45, 2.75) is 32.6 Å². The first-order valence-corrected chi connectivity index (χ1v) is 5.56. The number of esters is 1. The van der Waals surface area contributed by atoms with Gasteiger partial charge >= 0.3 is 5.97 Å². The number of hydrogen-bond donors (Lipinski definition) is 1. The van der Waals surface area contributed by atoms with Crippen molar-refractivity contribution in [3.63, 3.8) is 0 Å². The van der Waals surface area contributed by atoms with Crippen LogP contribution in [-0.4, -0.2) is 17.7 Å². The van der Waals surface area contributed by atoms with Crippen molar-refractivity contribution in [3.05, 3.63) is 29.8 Å². The summed E-state index contributed by atoms with van der Waals surface area (Å²) in [5, 5.41) is 8.93. The summed E-state index contributed by atoms with van der Waals surface area (Å²) in [5.41, 5.74) is 1.17. The fourth-order valence-electron chi connectivity index (χ4n) is 1.74. The van der Waals surface area contributed by atoms with Crippen LogP contribution in [0.15, 0.2) is 24.3 Å². The van der Waals surface area contributed by atoms with Crippen molar-refractivity contribution < 1.29 is 14.6 Å². The number of hydrogen-bond acceptors (Lipinski definition) is 3. The average molecular weight is 222 g/mol. The Bertz CT molecular complexity index is 330. The third kappa shape index (κ3) is 3.66. The molecule has 0 bridgehead atoms. The first kappa shape index (κ1) is 12.7. The normalized spacial score (nSPS) is 12.2. The second-order valence-electron chi connectivity index (χ2n) is 3.78. The summed E-state index contributed by atoms with van der Waals surface area (Å²) in [4.78, 5) is 10.7. The van der Waals surface area contributed by atoms with Gasteiger partial charge in [-0.2, -0.15) is 0 Å². The number of aliphatic hydroxyl groups is 1. The molecule has 1 aromatic rings. The van der Waals surface area contributed by atoms with Gasteiger partial charge in [0.2, 0.25) is 0 Å². The molecule has 0 spiro atoms. The van der Waals surface area contributed by atoms with Crippen LogP contribution < -0.4 is 4.74 Å². The molecule has 1 rings (SSSR count). The number of carbonyl (C=O) groups excluding carboxylic acids is 1. The van der Waals surface area contributed by atoms with Crippen LogP contribution in [0.5, 0.6) is 5.75 Å². The van der Waals surface area contributed by atoms with Crippen LogP contribution in [0.2, 0.25) is 0 Å². The van der Waals surface area contributed by atoms with Crippen LogP contribution >= 0.6 is 0 Å². The monoisotopic (exact) mass is 222 g/mol. The lowest BCUT2D eigenvalue weighted by Gasteiger charge is -2.14. The topological polar surface area (TPSA) is 46.5 Å². The first-order chi connectivity index (χ1) is 7.67. The van der Waals surface area contributed by atoms with E-state index in [0.29, 0.717) is 11.7 Å². The van der Waals surface area contributed by atoms with Gasteiger partial charge in [-0.25, -0.2) is 0 Å². The molecule has 88 valence electrons. The van der Waals surface area contributed by atoms with Crippen LogP contribution in [0.4, 0.5) is 0 Å². The lowest BCUT2D eigenvalue weighted by molar-refractivity contribution is -0.131. The first-order valence-electron chi connectivity index (χ1n) is 5.56. The van der Waals surface area contributed by atoms with Crippen molar-refractivity contribution >= 4 is 5.97 Å². The SMILES string of the molecule is CCC(CCO)c1ccc(OC(C)=O)cc1. The zero-order valence-corrected chi connectivity index (χ0v) is 9.77. The van der Waals surface area contributed by atoms with E-state index in [9.17, 15) is 4.79 Å². The van der Waals surface area contributed by atoms with E-state index in [-0.39, 0.29) is 12.6 Å². The Kier molecular flexibility index (Phi) is 4.99. The summed E-state index contributed by atoms with van der Waals surface area (Å²) in [6.45, 7) is 3.68. The molecule has 3 nitrogen and oxygen atoms in total. The highest BCUT2D eigenvalue weighted by Crippen LogP contribution is 2.24. The Morgan fingerprint density at radius 2 is 2.00 bits per heavy atom. The van der Waals surface area contributed by atoms with Crippen LogP contribution in [0.1, 0.15) is 38.2 Å². The van der Waals surface area contributed by atoms with Gasteiger partial charge in [0.25, 0.3) is 0 Å². The highest BCUT2D eigenvalue weighted by molar-refractivity contribution is 5.69. The summed E-state index contributed by atoms with van der Waals surface area (Å²) in [5.74, 6) is 0.627. The highest BCUT2D eigenvalue weighted by atomic mass is 16.5. The van der Waals surface area contributed by atoms with E-state index in [4.69, 9.17) is 9.84 Å². The predicted molar refractivity (Wildman–Crippen MR) is 62.5 cm³/mol. The molecule has 0 fully saturated rings. The quantitative estimate of drug-likeness (QED) is 0.615. The molecule has 3 heteroatoms. The zero-order valence-electron chi connectivity index (χ0n) is 9.77. The van der Waals surface area contributed by atoms with Crippen LogP contribution in [0.25, 0.3) is 0 Å². The van der Waals surface area contributed by atoms with Crippen molar-refractivity contribution in [2.75, 3.05) is 6.61 Å². The van der Waals surface area contributed by atoms with E-state index < -0.39 is 0 Å². The highest BCUT2D eigenvalue weighted by Gasteiger charge is 2.08. The average Bonchev–Trinajstić information content (AvgIpc) is 2.26. The molecule has 1 N–H and O–H groups in total. The van der Waals surface area contributed by atoms with Gasteiger partial charge in [-0.15, -0.1) is 0 Å². The smallest absolute Gasteiger partial charge is 0.308 e. The fraction of sp³-hybridized carbons (Fsp3) is 0.462. The maximum absolute atomic E-state index is 10.7. The third-order valence-electron chi connectivity index (χ3n) is 2.58. The molecule has 0 aliphatic carbocycles. The molecule has 0 radical (unpaired) electrons. The van der Waals surface area contributed by atoms with Gasteiger partial charge in [0.1, 0.15) is 5.75 Å². The summed E-state index contributed by atoms with van der Waals surface area (Å²) in [6, 6.07) is 7.47. The maximum atomic E-state index is 10.7. The van der Waals surface area contributed by atoms with Crippen molar-refractivity contribution in [1.29, 1.82) is 0 Å². The Morgan fingerprint density at radius 3 is 2.44 bits per heavy atom. The summed E-state index contributed by atoms with van der Waals surface area (Å²) in [7, 11) is 0. The molecular weight excluding hydrogens is 204 g/mol. The van der Waals surface area contributed by atoms with E-state index in [1.54, 1.807) is 12.1 Å². The van der Waals surface area contributed by atoms with E-state index >= 15 is 0 Å². The van der Waals surface area contributed by atoms with Gasteiger partial charge in [-0.05, 0) is 36.5 Å². The standard InChI is InChI=1S/C13H18O3/c1-3-11(8-9-14)12-4-6-13(7-5-12)16-10(2)15/h4-7,11,14H,3,8-9H2,1-2H3. The molecule has 0 saturated carbocycles. The molecule has 1 atom stereocenters. The van der Waals surface area contributed by atoms with E-state index in [0.717, 1.165) is 12.8 Å². The fourth-order valence-corrected chi connectivity index (χ4v) is 1.74. The predicted octanol–water partition coefficient (Wildman–Crippen LogP) is 2.49. The summed E-state index contributed by atoms with van der Waals surface area (Å²) >= 11 is 0. The lowest BCUT2D eigenvalue weighted by atomic mass is 9.94. The number of carbonyl (C=O) groups is 1. The minimum absolute atomic E-state index is 0.199. The van der Waals surface area contributed by atoms with Crippen molar-refractivity contribution in [2.24, 2.45) is 0 Å². The molecule has 1 aromatic carbocycles. The Hall–Kier alpha value is -1.35. The van der Waals surface area contributed by atoms with Crippen molar-refractivity contribution in [1.82, 2.24) is 0 Å². The third-order valence-corrected chi connectivity index (χ3v) is 2.58. The minimum Gasteiger partial charge on any atom is -0.427 e. The molecule has 0 heterocycles. The van der Waals surface area contributed by atoms with E-state index in [1.165, 1.54) is 12.5 Å². The molecule has 16 heavy (non-hydrogen) atoms. The second kappa shape index (κ2) is 6.28.